The Kier molecular flexibility index (Phi) is 6.01. The molecule has 0 radical (unpaired) electrons. The number of Topliss-reactive ketones (excluding diaryl/α,β-unsaturated/α-hetero) is 1. The zero-order valence-electron chi connectivity index (χ0n) is 18.8. The van der Waals surface area contributed by atoms with Crippen LogP contribution in [0.4, 0.5) is 0 Å². The monoisotopic (exact) mass is 465 g/mol. The predicted molar refractivity (Wildman–Crippen MR) is 126 cm³/mol. The van der Waals surface area contributed by atoms with Gasteiger partial charge in [-0.05, 0) is 61.2 Å². The summed E-state index contributed by atoms with van der Waals surface area (Å²) >= 11 is 1.49. The first kappa shape index (κ1) is 21.8. The van der Waals surface area contributed by atoms with Gasteiger partial charge in [0.2, 0.25) is 0 Å². The van der Waals surface area contributed by atoms with E-state index < -0.39 is 0 Å². The Morgan fingerprint density at radius 2 is 1.70 bits per heavy atom. The van der Waals surface area contributed by atoms with Gasteiger partial charge in [-0.15, -0.1) is 10.2 Å². The van der Waals surface area contributed by atoms with E-state index in [1.165, 1.54) is 31.0 Å². The third kappa shape index (κ3) is 4.08. The number of fused-ring (bicyclic) bond motifs is 1. The average Bonchev–Trinajstić information content (AvgIpc) is 3.40. The van der Waals surface area contributed by atoms with E-state index >= 15 is 0 Å². The zero-order valence-corrected chi connectivity index (χ0v) is 19.6. The molecular weight excluding hydrogens is 438 g/mol. The van der Waals surface area contributed by atoms with Crippen molar-refractivity contribution in [2.75, 3.05) is 14.2 Å². The lowest BCUT2D eigenvalue weighted by atomic mass is 9.95. The van der Waals surface area contributed by atoms with Gasteiger partial charge in [-0.3, -0.25) is 9.36 Å². The summed E-state index contributed by atoms with van der Waals surface area (Å²) in [5.41, 5.74) is 2.57. The van der Waals surface area contributed by atoms with Gasteiger partial charge in [0.1, 0.15) is 5.75 Å². The maximum atomic E-state index is 13.3. The molecule has 172 valence electrons. The predicted octanol–water partition coefficient (Wildman–Crippen LogP) is 5.07. The number of carbonyl (C=O) groups excluding carboxylic acids is 1. The maximum absolute atomic E-state index is 13.3. The Morgan fingerprint density at radius 1 is 1.00 bits per heavy atom. The standard InChI is InChI=1S/C25H27N3O4S/c1-31-20-12-16-13-22(23(30)19(16)14-21(20)32-2)33-25-27-26-24(15-8-10-18(29)11-9-15)28(25)17-6-4-3-5-7-17/h8-12,14,17,22,29H,3-7,13H2,1-2H3. The van der Waals surface area contributed by atoms with Crippen molar-refractivity contribution in [2.24, 2.45) is 0 Å². The second-order valence-corrected chi connectivity index (χ2v) is 9.72. The highest BCUT2D eigenvalue weighted by Crippen LogP contribution is 2.42. The van der Waals surface area contributed by atoms with Crippen molar-refractivity contribution in [1.29, 1.82) is 0 Å². The molecule has 1 N–H and O–H groups in total. The SMILES string of the molecule is COc1cc2c(cc1OC)C(=O)C(Sc1nnc(-c3ccc(O)cc3)n1C1CCCCC1)C2. The number of nitrogens with zero attached hydrogens (tertiary/aromatic N) is 3. The molecule has 7 nitrogen and oxygen atoms in total. The summed E-state index contributed by atoms with van der Waals surface area (Å²) in [4.78, 5) is 13.3. The number of ether oxygens (including phenoxy) is 2. The third-order valence-corrected chi connectivity index (χ3v) is 7.70. The summed E-state index contributed by atoms with van der Waals surface area (Å²) in [6.45, 7) is 0. The van der Waals surface area contributed by atoms with E-state index in [0.29, 0.717) is 29.5 Å². The van der Waals surface area contributed by atoms with Gasteiger partial charge >= 0.3 is 0 Å². The Bertz CT molecular complexity index is 1170. The molecule has 33 heavy (non-hydrogen) atoms. The first-order valence-corrected chi connectivity index (χ1v) is 12.2. The fourth-order valence-corrected chi connectivity index (χ4v) is 6.03. The molecule has 0 bridgehead atoms. The highest BCUT2D eigenvalue weighted by atomic mass is 32.2. The van der Waals surface area contributed by atoms with E-state index in [1.807, 2.05) is 18.2 Å². The van der Waals surface area contributed by atoms with Gasteiger partial charge in [0.15, 0.2) is 28.3 Å². The number of benzene rings is 2. The van der Waals surface area contributed by atoms with Crippen LogP contribution in [0.25, 0.3) is 11.4 Å². The lowest BCUT2D eigenvalue weighted by Crippen LogP contribution is -2.17. The van der Waals surface area contributed by atoms with Crippen LogP contribution in [0.15, 0.2) is 41.6 Å². The molecule has 8 heteroatoms. The van der Waals surface area contributed by atoms with Crippen LogP contribution in [0.5, 0.6) is 17.2 Å². The van der Waals surface area contributed by atoms with Crippen LogP contribution in [0.3, 0.4) is 0 Å². The van der Waals surface area contributed by atoms with Crippen LogP contribution in [-0.4, -0.2) is 45.1 Å². The number of aromatic hydroxyl groups is 1. The molecule has 1 fully saturated rings. The topological polar surface area (TPSA) is 86.5 Å². The van der Waals surface area contributed by atoms with Gasteiger partial charge in [0.25, 0.3) is 0 Å². The minimum atomic E-state index is -0.268. The quantitative estimate of drug-likeness (QED) is 0.544. The summed E-state index contributed by atoms with van der Waals surface area (Å²) in [6, 6.07) is 11.1. The highest BCUT2D eigenvalue weighted by Gasteiger charge is 2.35. The van der Waals surface area contributed by atoms with Crippen LogP contribution in [0, 0.1) is 0 Å². The molecule has 1 heterocycles. The van der Waals surface area contributed by atoms with Crippen molar-refractivity contribution in [3.63, 3.8) is 0 Å². The number of hydrogen-bond acceptors (Lipinski definition) is 7. The van der Waals surface area contributed by atoms with Crippen molar-refractivity contribution < 1.29 is 19.4 Å². The molecule has 0 saturated heterocycles. The first-order valence-electron chi connectivity index (χ1n) is 11.3. The van der Waals surface area contributed by atoms with Crippen molar-refractivity contribution in [3.8, 4) is 28.6 Å². The Labute approximate surface area is 197 Å². The number of methoxy groups -OCH3 is 2. The molecular formula is C25H27N3O4S. The molecule has 5 rings (SSSR count). The van der Waals surface area contributed by atoms with E-state index in [2.05, 4.69) is 14.8 Å². The summed E-state index contributed by atoms with van der Waals surface area (Å²) < 4.78 is 13.0. The molecule has 2 aromatic carbocycles. The van der Waals surface area contributed by atoms with Crippen molar-refractivity contribution in [3.05, 3.63) is 47.5 Å². The Hall–Kier alpha value is -3.00. The van der Waals surface area contributed by atoms with E-state index in [0.717, 1.165) is 34.9 Å². The van der Waals surface area contributed by atoms with Crippen LogP contribution < -0.4 is 9.47 Å². The molecule has 0 aliphatic heterocycles. The van der Waals surface area contributed by atoms with Crippen LogP contribution in [0.1, 0.15) is 54.1 Å². The van der Waals surface area contributed by atoms with Crippen molar-refractivity contribution in [1.82, 2.24) is 14.8 Å². The minimum Gasteiger partial charge on any atom is -0.508 e. The number of ketones is 1. The lowest BCUT2D eigenvalue weighted by molar-refractivity contribution is 0.0999. The Morgan fingerprint density at radius 3 is 2.39 bits per heavy atom. The summed E-state index contributed by atoms with van der Waals surface area (Å²) in [6.07, 6.45) is 6.36. The average molecular weight is 466 g/mol. The van der Waals surface area contributed by atoms with E-state index in [1.54, 1.807) is 32.4 Å². The third-order valence-electron chi connectivity index (χ3n) is 6.55. The smallest absolute Gasteiger partial charge is 0.192 e. The maximum Gasteiger partial charge on any atom is 0.192 e. The summed E-state index contributed by atoms with van der Waals surface area (Å²) in [5, 5.41) is 19.3. The molecule has 2 aliphatic rings. The molecule has 0 amide bonds. The van der Waals surface area contributed by atoms with Gasteiger partial charge in [-0.25, -0.2) is 0 Å². The van der Waals surface area contributed by atoms with Crippen LogP contribution >= 0.6 is 11.8 Å². The van der Waals surface area contributed by atoms with Gasteiger partial charge in [-0.2, -0.15) is 0 Å². The number of thioether (sulfide) groups is 1. The summed E-state index contributed by atoms with van der Waals surface area (Å²) in [5.74, 6) is 2.29. The number of hydrogen-bond donors (Lipinski definition) is 1. The fourth-order valence-electron chi connectivity index (χ4n) is 4.84. The normalized spacial score (nSPS) is 18.4. The molecule has 1 saturated carbocycles. The van der Waals surface area contributed by atoms with E-state index in [4.69, 9.17) is 9.47 Å². The number of phenolic OH excluding ortho intramolecular Hbond substituents is 1. The van der Waals surface area contributed by atoms with Crippen molar-refractivity contribution >= 4 is 17.5 Å². The van der Waals surface area contributed by atoms with E-state index in [-0.39, 0.29) is 16.8 Å². The molecule has 0 spiro atoms. The molecule has 2 aliphatic carbocycles. The largest absolute Gasteiger partial charge is 0.508 e. The number of phenols is 1. The second kappa shape index (κ2) is 9.09. The van der Waals surface area contributed by atoms with Crippen LogP contribution in [0.2, 0.25) is 0 Å². The summed E-state index contributed by atoms with van der Waals surface area (Å²) in [7, 11) is 3.18. The van der Waals surface area contributed by atoms with Gasteiger partial charge in [-0.1, -0.05) is 31.0 Å². The van der Waals surface area contributed by atoms with E-state index in [9.17, 15) is 9.90 Å². The number of carbonyl (C=O) groups is 1. The Balaban J connectivity index is 1.48. The molecule has 1 aromatic heterocycles. The lowest BCUT2D eigenvalue weighted by Gasteiger charge is -2.26. The molecule has 1 atom stereocenters. The minimum absolute atomic E-state index is 0.0836. The number of rotatable bonds is 6. The van der Waals surface area contributed by atoms with Gasteiger partial charge < -0.3 is 14.6 Å². The molecule has 1 unspecified atom stereocenters. The second-order valence-electron chi connectivity index (χ2n) is 8.55. The number of aromatic nitrogens is 3. The molecule has 3 aromatic rings. The van der Waals surface area contributed by atoms with Gasteiger partial charge in [0, 0.05) is 17.2 Å². The van der Waals surface area contributed by atoms with Crippen LogP contribution in [-0.2, 0) is 6.42 Å². The fraction of sp³-hybridized carbons (Fsp3) is 0.400. The first-order chi connectivity index (χ1) is 16.1. The highest BCUT2D eigenvalue weighted by molar-refractivity contribution is 8.00. The van der Waals surface area contributed by atoms with Crippen molar-refractivity contribution in [2.45, 2.75) is 55.0 Å². The van der Waals surface area contributed by atoms with Gasteiger partial charge in [0.05, 0.1) is 19.5 Å². The zero-order chi connectivity index (χ0) is 22.9.